The number of aryl methyl sites for hydroxylation is 1. The van der Waals surface area contributed by atoms with E-state index in [0.29, 0.717) is 29.7 Å². The smallest absolute Gasteiger partial charge is 0.165 e. The molecule has 0 aliphatic carbocycles. The van der Waals surface area contributed by atoms with Crippen molar-refractivity contribution < 1.29 is 19.7 Å². The Labute approximate surface area is 165 Å². The van der Waals surface area contributed by atoms with E-state index in [-0.39, 0.29) is 24.5 Å². The lowest BCUT2D eigenvalue weighted by Gasteiger charge is -2.13. The molecule has 6 heteroatoms. The van der Waals surface area contributed by atoms with Gasteiger partial charge in [0.05, 0.1) is 12.3 Å². The van der Waals surface area contributed by atoms with Gasteiger partial charge in [-0.25, -0.2) is 0 Å². The summed E-state index contributed by atoms with van der Waals surface area (Å²) in [6.07, 6.45) is -0.0434. The molecule has 0 saturated heterocycles. The lowest BCUT2D eigenvalue weighted by atomic mass is 9.95. The van der Waals surface area contributed by atoms with Gasteiger partial charge in [0.15, 0.2) is 12.1 Å². The van der Waals surface area contributed by atoms with Crippen molar-refractivity contribution >= 4 is 28.3 Å². The van der Waals surface area contributed by atoms with Crippen molar-refractivity contribution in [2.75, 3.05) is 6.61 Å². The summed E-state index contributed by atoms with van der Waals surface area (Å²) in [5.41, 5.74) is 2.39. The van der Waals surface area contributed by atoms with Crippen LogP contribution in [0, 0.1) is 11.8 Å². The number of aliphatic hydroxyl groups excluding tert-OH is 1. The fraction of sp³-hybridized carbons (Fsp3) is 0.571. The summed E-state index contributed by atoms with van der Waals surface area (Å²) in [5.74, 6) is 0.392. The molecule has 0 saturated carbocycles. The van der Waals surface area contributed by atoms with E-state index < -0.39 is 6.29 Å². The summed E-state index contributed by atoms with van der Waals surface area (Å²) in [6, 6.07) is 5.53. The summed E-state index contributed by atoms with van der Waals surface area (Å²) in [4.78, 5) is 13.1. The molecule has 0 bridgehead atoms. The number of hydrogen-bond donors (Lipinski definition) is 2. The van der Waals surface area contributed by atoms with Crippen LogP contribution in [-0.2, 0) is 18.4 Å². The number of benzene rings is 1. The number of Topliss-reactive ketones (excluding diaryl/α,β-unsaturated/α-hetero) is 1. The molecule has 5 nitrogen and oxygen atoms in total. The number of nitrogens with zero attached hydrogens (tertiary/aromatic N) is 1. The van der Waals surface area contributed by atoms with E-state index in [2.05, 4.69) is 13.8 Å². The number of ketones is 1. The van der Waals surface area contributed by atoms with Crippen molar-refractivity contribution in [1.29, 1.82) is 0 Å². The van der Waals surface area contributed by atoms with Crippen molar-refractivity contribution in [3.8, 4) is 0 Å². The molecule has 1 atom stereocenters. The molecular weight excluding hydrogens is 366 g/mol. The highest BCUT2D eigenvalue weighted by Crippen LogP contribution is 2.31. The van der Waals surface area contributed by atoms with Crippen LogP contribution in [0.3, 0.4) is 0 Å². The molecule has 1 aromatic carbocycles. The van der Waals surface area contributed by atoms with Crippen molar-refractivity contribution in [1.82, 2.24) is 4.57 Å². The van der Waals surface area contributed by atoms with Gasteiger partial charge in [-0.15, -0.1) is 0 Å². The number of ether oxygens (including phenoxy) is 1. The molecule has 0 unspecified atom stereocenters. The number of halogens is 1. The second-order valence-electron chi connectivity index (χ2n) is 7.73. The van der Waals surface area contributed by atoms with Crippen LogP contribution in [0.1, 0.15) is 56.1 Å². The second-order valence-corrected chi connectivity index (χ2v) is 8.16. The third-order valence-corrected chi connectivity index (χ3v) is 5.02. The van der Waals surface area contributed by atoms with Crippen molar-refractivity contribution in [2.45, 2.75) is 52.9 Å². The fourth-order valence-electron chi connectivity index (χ4n) is 3.30. The number of rotatable bonds is 10. The first-order valence-electron chi connectivity index (χ1n) is 9.44. The highest BCUT2D eigenvalue weighted by Gasteiger charge is 2.23. The van der Waals surface area contributed by atoms with Gasteiger partial charge in [-0.05, 0) is 36.5 Å². The lowest BCUT2D eigenvalue weighted by Crippen LogP contribution is -2.15. The van der Waals surface area contributed by atoms with Gasteiger partial charge in [0.25, 0.3) is 0 Å². The molecule has 1 heterocycles. The van der Waals surface area contributed by atoms with Crippen LogP contribution in [-0.4, -0.2) is 33.5 Å². The maximum Gasteiger partial charge on any atom is 0.165 e. The normalized spacial score (nSPS) is 13.1. The number of carbonyl (C=O) groups excluding carboxylic acids is 1. The molecule has 150 valence electrons. The first-order valence-corrected chi connectivity index (χ1v) is 9.82. The Hall–Kier alpha value is -1.40. The molecule has 0 spiro atoms. The molecule has 0 aliphatic rings. The minimum Gasteiger partial charge on any atom is -0.375 e. The van der Waals surface area contributed by atoms with Crippen molar-refractivity contribution in [3.63, 3.8) is 0 Å². The minimum atomic E-state index is -1.41. The van der Waals surface area contributed by atoms with Gasteiger partial charge < -0.3 is 19.5 Å². The average Bonchev–Trinajstić information content (AvgIpc) is 2.82. The van der Waals surface area contributed by atoms with Crippen LogP contribution >= 0.6 is 11.6 Å². The van der Waals surface area contributed by atoms with E-state index in [9.17, 15) is 4.79 Å². The Morgan fingerprint density at radius 1 is 1.26 bits per heavy atom. The quantitative estimate of drug-likeness (QED) is 0.357. The van der Waals surface area contributed by atoms with Crippen LogP contribution < -0.4 is 0 Å². The standard InChI is InChI=1S/C21H30ClNO4/c1-13(2)7-8-27-12-18-21(19(24)9-14(3)10-20(25)26)16-11-15(22)5-6-17(16)23(18)4/h5-6,11,13-14,20,25-26H,7-10,12H2,1-4H3/t14-/m0/s1. The summed E-state index contributed by atoms with van der Waals surface area (Å²) >= 11 is 6.18. The zero-order valence-electron chi connectivity index (χ0n) is 16.5. The minimum absolute atomic E-state index is 0.0292. The summed E-state index contributed by atoms with van der Waals surface area (Å²) < 4.78 is 7.83. The number of hydrogen-bond acceptors (Lipinski definition) is 4. The molecule has 0 fully saturated rings. The van der Waals surface area contributed by atoms with Gasteiger partial charge in [0.1, 0.15) is 0 Å². The van der Waals surface area contributed by atoms with Gasteiger partial charge in [0.2, 0.25) is 0 Å². The molecule has 27 heavy (non-hydrogen) atoms. The zero-order chi connectivity index (χ0) is 20.1. The van der Waals surface area contributed by atoms with Crippen LogP contribution in [0.25, 0.3) is 10.9 Å². The highest BCUT2D eigenvalue weighted by molar-refractivity contribution is 6.31. The number of aliphatic hydroxyl groups is 2. The molecule has 0 amide bonds. The third kappa shape index (κ3) is 5.79. The van der Waals surface area contributed by atoms with Gasteiger partial charge in [-0.1, -0.05) is 32.4 Å². The number of fused-ring (bicyclic) bond motifs is 1. The van der Waals surface area contributed by atoms with Crippen LogP contribution in [0.15, 0.2) is 18.2 Å². The molecular formula is C21H30ClNO4. The van der Waals surface area contributed by atoms with Crippen molar-refractivity contribution in [2.24, 2.45) is 18.9 Å². The zero-order valence-corrected chi connectivity index (χ0v) is 17.3. The molecule has 0 aliphatic heterocycles. The Morgan fingerprint density at radius 2 is 1.96 bits per heavy atom. The molecule has 0 radical (unpaired) electrons. The Morgan fingerprint density at radius 3 is 2.59 bits per heavy atom. The Balaban J connectivity index is 2.33. The Bertz CT molecular complexity index is 782. The first-order chi connectivity index (χ1) is 12.7. The van der Waals surface area contributed by atoms with Crippen LogP contribution in [0.4, 0.5) is 0 Å². The predicted octanol–water partition coefficient (Wildman–Crippen LogP) is 4.30. The second kappa shape index (κ2) is 9.69. The lowest BCUT2D eigenvalue weighted by molar-refractivity contribution is -0.0543. The van der Waals surface area contributed by atoms with E-state index in [0.717, 1.165) is 23.0 Å². The third-order valence-electron chi connectivity index (χ3n) is 4.79. The van der Waals surface area contributed by atoms with E-state index in [1.165, 1.54) is 0 Å². The van der Waals surface area contributed by atoms with Gasteiger partial charge in [-0.2, -0.15) is 0 Å². The number of carbonyl (C=O) groups is 1. The van der Waals surface area contributed by atoms with Gasteiger partial charge in [-0.3, -0.25) is 4.79 Å². The maximum absolute atomic E-state index is 13.1. The van der Waals surface area contributed by atoms with E-state index in [1.807, 2.05) is 36.7 Å². The van der Waals surface area contributed by atoms with E-state index >= 15 is 0 Å². The Kier molecular flexibility index (Phi) is 7.86. The first kappa shape index (κ1) is 21.9. The summed E-state index contributed by atoms with van der Waals surface area (Å²) in [7, 11) is 1.93. The predicted molar refractivity (Wildman–Crippen MR) is 108 cm³/mol. The van der Waals surface area contributed by atoms with Crippen molar-refractivity contribution in [3.05, 3.63) is 34.5 Å². The van der Waals surface area contributed by atoms with E-state index in [1.54, 1.807) is 0 Å². The largest absolute Gasteiger partial charge is 0.375 e. The molecule has 2 aromatic rings. The molecule has 2 N–H and O–H groups in total. The van der Waals surface area contributed by atoms with E-state index in [4.69, 9.17) is 26.6 Å². The average molecular weight is 396 g/mol. The SMILES string of the molecule is CC(C)CCOCc1c(C(=O)C[C@H](C)CC(O)O)c2cc(Cl)ccc2n1C. The van der Waals surface area contributed by atoms with Gasteiger partial charge in [0, 0.05) is 48.0 Å². The molecule has 2 rings (SSSR count). The van der Waals surface area contributed by atoms with Crippen LogP contribution in [0.2, 0.25) is 5.02 Å². The maximum atomic E-state index is 13.1. The van der Waals surface area contributed by atoms with Gasteiger partial charge >= 0.3 is 0 Å². The number of aromatic nitrogens is 1. The van der Waals surface area contributed by atoms with Crippen LogP contribution in [0.5, 0.6) is 0 Å². The monoisotopic (exact) mass is 395 g/mol. The topological polar surface area (TPSA) is 71.7 Å². The summed E-state index contributed by atoms with van der Waals surface area (Å²) in [5, 5.41) is 19.7. The molecule has 1 aromatic heterocycles. The summed E-state index contributed by atoms with van der Waals surface area (Å²) in [6.45, 7) is 7.13. The fourth-order valence-corrected chi connectivity index (χ4v) is 3.47. The highest BCUT2D eigenvalue weighted by atomic mass is 35.5.